The first kappa shape index (κ1) is 6.42. The first-order chi connectivity index (χ1) is 7.30. The third kappa shape index (κ3) is 3.06. The molecule has 0 bridgehead atoms. The van der Waals surface area contributed by atoms with Crippen LogP contribution in [-0.4, -0.2) is 0 Å². The van der Waals surface area contributed by atoms with E-state index in [0.717, 1.165) is 5.56 Å². The number of benzene rings is 1. The van der Waals surface area contributed by atoms with Gasteiger partial charge in [0.15, 0.2) is 0 Å². The van der Waals surface area contributed by atoms with Crippen LogP contribution >= 0.6 is 0 Å². The van der Waals surface area contributed by atoms with Crippen molar-refractivity contribution in [3.05, 3.63) is 41.0 Å². The Morgan fingerprint density at radius 1 is 1.31 bits per heavy atom. The lowest BCUT2D eigenvalue weighted by Crippen LogP contribution is -1.86. The van der Waals surface area contributed by atoms with Crippen LogP contribution in [0.15, 0.2) is 29.8 Å². The van der Waals surface area contributed by atoms with E-state index in [4.69, 9.17) is 4.11 Å². The highest BCUT2D eigenvalue weighted by atomic mass is 14.0. The van der Waals surface area contributed by atoms with Crippen LogP contribution in [0.1, 0.15) is 48.8 Å². The Bertz CT molecular complexity index is 369. The second-order valence-corrected chi connectivity index (χ2v) is 3.65. The predicted octanol–water partition coefficient (Wildman–Crippen LogP) is 4.23. The molecular weight excluding hydrogens is 156 g/mol. The van der Waals surface area contributed by atoms with E-state index in [9.17, 15) is 0 Å². The number of allylic oxidation sites excluding steroid dienone is 1. The van der Waals surface area contributed by atoms with Gasteiger partial charge < -0.3 is 0 Å². The van der Waals surface area contributed by atoms with E-state index in [1.807, 2.05) is 24.3 Å². The SMILES string of the molecule is [2H]C([2H])([2H])/C(C)=C/c1ccc(C(C)C)cc1. The molecule has 0 saturated heterocycles. The van der Waals surface area contributed by atoms with Crippen molar-refractivity contribution in [3.63, 3.8) is 0 Å². The minimum atomic E-state index is -1.99. The molecule has 0 fully saturated rings. The summed E-state index contributed by atoms with van der Waals surface area (Å²) in [6.07, 6.45) is 1.72. The van der Waals surface area contributed by atoms with Gasteiger partial charge in [0.05, 0.1) is 0 Å². The van der Waals surface area contributed by atoms with Gasteiger partial charge in [-0.2, -0.15) is 0 Å². The van der Waals surface area contributed by atoms with Crippen molar-refractivity contribution in [1.29, 1.82) is 0 Å². The lowest BCUT2D eigenvalue weighted by atomic mass is 10.0. The molecular formula is C13H18. The zero-order valence-corrected chi connectivity index (χ0v) is 8.46. The van der Waals surface area contributed by atoms with E-state index in [0.29, 0.717) is 11.5 Å². The molecule has 0 radical (unpaired) electrons. The predicted molar refractivity (Wildman–Crippen MR) is 59.9 cm³/mol. The van der Waals surface area contributed by atoms with E-state index in [2.05, 4.69) is 13.8 Å². The van der Waals surface area contributed by atoms with Gasteiger partial charge in [-0.25, -0.2) is 0 Å². The Morgan fingerprint density at radius 3 is 2.38 bits per heavy atom. The fourth-order valence-electron chi connectivity index (χ4n) is 1.23. The second-order valence-electron chi connectivity index (χ2n) is 3.65. The smallest absolute Gasteiger partial charge is 0.0276 e. The van der Waals surface area contributed by atoms with E-state index in [1.54, 1.807) is 13.0 Å². The molecule has 0 unspecified atom stereocenters. The zero-order valence-electron chi connectivity index (χ0n) is 11.5. The van der Waals surface area contributed by atoms with E-state index in [1.165, 1.54) is 5.56 Å². The minimum Gasteiger partial charge on any atom is -0.0758 e. The van der Waals surface area contributed by atoms with E-state index < -0.39 is 6.85 Å². The number of hydrogen-bond acceptors (Lipinski definition) is 0. The third-order valence-electron chi connectivity index (χ3n) is 1.99. The molecule has 0 N–H and O–H groups in total. The molecule has 0 aliphatic rings. The summed E-state index contributed by atoms with van der Waals surface area (Å²) in [5.74, 6) is 0.502. The van der Waals surface area contributed by atoms with Crippen molar-refractivity contribution >= 4 is 6.08 Å². The highest BCUT2D eigenvalue weighted by Crippen LogP contribution is 2.15. The maximum absolute atomic E-state index is 7.26. The largest absolute Gasteiger partial charge is 0.0758 e. The second kappa shape index (κ2) is 4.27. The van der Waals surface area contributed by atoms with E-state index >= 15 is 0 Å². The molecule has 0 spiro atoms. The Kier molecular flexibility index (Phi) is 2.11. The molecule has 0 atom stereocenters. The van der Waals surface area contributed by atoms with Crippen LogP contribution in [0.3, 0.4) is 0 Å². The number of rotatable bonds is 2. The summed E-state index contributed by atoms with van der Waals surface area (Å²) >= 11 is 0. The average molecular weight is 177 g/mol. The van der Waals surface area contributed by atoms with E-state index in [-0.39, 0.29) is 0 Å². The van der Waals surface area contributed by atoms with Crippen molar-refractivity contribution in [1.82, 2.24) is 0 Å². The summed E-state index contributed by atoms with van der Waals surface area (Å²) in [6.45, 7) is 3.93. The lowest BCUT2D eigenvalue weighted by Gasteiger charge is -2.04. The Hall–Kier alpha value is -1.04. The van der Waals surface area contributed by atoms with Crippen LogP contribution in [0.2, 0.25) is 0 Å². The molecule has 13 heavy (non-hydrogen) atoms. The molecule has 1 rings (SSSR count). The van der Waals surface area contributed by atoms with Crippen molar-refractivity contribution < 1.29 is 4.11 Å². The standard InChI is InChI=1S/C13H18/c1-10(2)9-12-5-7-13(8-6-12)11(3)4/h5-9,11H,1-4H3/i1D3/b10-9-. The maximum Gasteiger partial charge on any atom is 0.0276 e. The highest BCUT2D eigenvalue weighted by Gasteiger charge is 1.96. The van der Waals surface area contributed by atoms with Crippen LogP contribution in [0.25, 0.3) is 6.08 Å². The van der Waals surface area contributed by atoms with Gasteiger partial charge in [0, 0.05) is 4.11 Å². The maximum atomic E-state index is 7.26. The summed E-state index contributed by atoms with van der Waals surface area (Å²) < 4.78 is 21.8. The Labute approximate surface area is 85.5 Å². The number of hydrogen-bond donors (Lipinski definition) is 0. The van der Waals surface area contributed by atoms with Gasteiger partial charge >= 0.3 is 0 Å². The van der Waals surface area contributed by atoms with Crippen LogP contribution in [0.4, 0.5) is 0 Å². The molecule has 0 aliphatic carbocycles. The van der Waals surface area contributed by atoms with Crippen molar-refractivity contribution in [2.24, 2.45) is 0 Å². The Balaban J connectivity index is 2.92. The van der Waals surface area contributed by atoms with Crippen LogP contribution in [0.5, 0.6) is 0 Å². The molecule has 70 valence electrons. The molecule has 1 aromatic rings. The van der Waals surface area contributed by atoms with Crippen molar-refractivity contribution in [3.8, 4) is 0 Å². The van der Waals surface area contributed by atoms with Crippen LogP contribution < -0.4 is 0 Å². The normalized spacial score (nSPS) is 16.6. The summed E-state index contributed by atoms with van der Waals surface area (Å²) in [7, 11) is 0. The highest BCUT2D eigenvalue weighted by molar-refractivity contribution is 5.52. The van der Waals surface area contributed by atoms with Gasteiger partial charge in [-0.1, -0.05) is 49.8 Å². The van der Waals surface area contributed by atoms with Gasteiger partial charge in [0.2, 0.25) is 0 Å². The first-order valence-electron chi connectivity index (χ1n) is 6.09. The molecule has 0 aliphatic heterocycles. The molecule has 0 heteroatoms. The molecule has 0 aromatic heterocycles. The monoisotopic (exact) mass is 177 g/mol. The minimum absolute atomic E-state index is 0.421. The summed E-state index contributed by atoms with van der Waals surface area (Å²) in [5, 5.41) is 0. The van der Waals surface area contributed by atoms with Crippen LogP contribution in [-0.2, 0) is 0 Å². The average Bonchev–Trinajstić information content (AvgIpc) is 2.17. The topological polar surface area (TPSA) is 0 Å². The molecule has 0 amide bonds. The zero-order chi connectivity index (χ0) is 12.3. The molecule has 0 heterocycles. The third-order valence-corrected chi connectivity index (χ3v) is 1.99. The first-order valence-corrected chi connectivity index (χ1v) is 4.59. The van der Waals surface area contributed by atoms with Crippen molar-refractivity contribution in [2.45, 2.75) is 33.5 Å². The van der Waals surface area contributed by atoms with Crippen molar-refractivity contribution in [2.75, 3.05) is 0 Å². The quantitative estimate of drug-likeness (QED) is 0.634. The van der Waals surface area contributed by atoms with Gasteiger partial charge in [-0.3, -0.25) is 0 Å². The molecule has 0 nitrogen and oxygen atoms in total. The van der Waals surface area contributed by atoms with Gasteiger partial charge in [-0.05, 0) is 30.8 Å². The van der Waals surface area contributed by atoms with Gasteiger partial charge in [-0.15, -0.1) is 0 Å². The molecule has 1 aromatic carbocycles. The summed E-state index contributed by atoms with van der Waals surface area (Å²) in [4.78, 5) is 0. The summed E-state index contributed by atoms with van der Waals surface area (Å²) in [5.41, 5.74) is 2.63. The Morgan fingerprint density at radius 2 is 1.92 bits per heavy atom. The lowest BCUT2D eigenvalue weighted by molar-refractivity contribution is 0.866. The fraction of sp³-hybridized carbons (Fsp3) is 0.385. The summed E-state index contributed by atoms with van der Waals surface area (Å²) in [6, 6.07) is 8.02. The van der Waals surface area contributed by atoms with Crippen LogP contribution in [0, 0.1) is 0 Å². The van der Waals surface area contributed by atoms with Gasteiger partial charge in [0.1, 0.15) is 0 Å². The fourth-order valence-corrected chi connectivity index (χ4v) is 1.23. The van der Waals surface area contributed by atoms with Gasteiger partial charge in [0.25, 0.3) is 0 Å². The molecule has 0 saturated carbocycles.